The Balaban J connectivity index is 2.02. The predicted octanol–water partition coefficient (Wildman–Crippen LogP) is 3.04. The Kier molecular flexibility index (Phi) is 3.70. The molecule has 0 aliphatic rings. The maximum Gasteiger partial charge on any atom is 0.182 e. The summed E-state index contributed by atoms with van der Waals surface area (Å²) in [4.78, 5) is 0. The molecule has 5 nitrogen and oxygen atoms in total. The summed E-state index contributed by atoms with van der Waals surface area (Å²) in [6.45, 7) is 2.62. The fourth-order valence-electron chi connectivity index (χ4n) is 2.17. The molecule has 0 amide bonds. The van der Waals surface area contributed by atoms with E-state index in [-0.39, 0.29) is 0 Å². The number of anilines is 1. The number of benzene rings is 2. The van der Waals surface area contributed by atoms with E-state index >= 15 is 0 Å². The van der Waals surface area contributed by atoms with Gasteiger partial charge in [0.2, 0.25) is 0 Å². The number of aromatic nitrogens is 4. The van der Waals surface area contributed by atoms with Gasteiger partial charge in [-0.25, -0.2) is 4.68 Å². The van der Waals surface area contributed by atoms with Crippen LogP contribution in [0.3, 0.4) is 0 Å². The van der Waals surface area contributed by atoms with Crippen LogP contribution in [0.5, 0.6) is 0 Å². The molecule has 0 atom stereocenters. The first-order valence-electron chi connectivity index (χ1n) is 6.51. The number of hydrogen-bond donors (Lipinski definition) is 1. The Morgan fingerprint density at radius 1 is 1.19 bits per heavy atom. The number of halogens is 1. The highest BCUT2D eigenvalue weighted by molar-refractivity contribution is 9.10. The third-order valence-electron chi connectivity index (χ3n) is 3.31. The molecule has 0 unspecified atom stereocenters. The first-order chi connectivity index (χ1) is 10.1. The molecular weight excluding hydrogens is 330 g/mol. The standard InChI is InChI=1S/C15H14BrN5/c1-10-6-7-12(17)8-13(10)15-18-19-20-21(15)9-11-4-2-3-5-14(11)16/h2-8H,9,17H2,1H3. The molecule has 2 aromatic carbocycles. The third kappa shape index (κ3) is 2.80. The lowest BCUT2D eigenvalue weighted by Crippen LogP contribution is -2.06. The van der Waals surface area contributed by atoms with Crippen LogP contribution in [0.15, 0.2) is 46.9 Å². The lowest BCUT2D eigenvalue weighted by atomic mass is 10.1. The van der Waals surface area contributed by atoms with Gasteiger partial charge in [-0.3, -0.25) is 0 Å². The number of hydrogen-bond acceptors (Lipinski definition) is 4. The normalized spacial score (nSPS) is 10.8. The molecule has 21 heavy (non-hydrogen) atoms. The topological polar surface area (TPSA) is 69.6 Å². The lowest BCUT2D eigenvalue weighted by Gasteiger charge is -2.09. The van der Waals surface area contributed by atoms with Crippen LogP contribution in [0.4, 0.5) is 5.69 Å². The minimum Gasteiger partial charge on any atom is -0.399 e. The van der Waals surface area contributed by atoms with E-state index in [2.05, 4.69) is 31.5 Å². The number of rotatable bonds is 3. The van der Waals surface area contributed by atoms with Crippen molar-refractivity contribution < 1.29 is 0 Å². The number of nitrogens with zero attached hydrogens (tertiary/aromatic N) is 4. The molecule has 0 aliphatic heterocycles. The molecule has 0 saturated heterocycles. The summed E-state index contributed by atoms with van der Waals surface area (Å²) in [5.41, 5.74) is 9.73. The fourth-order valence-corrected chi connectivity index (χ4v) is 2.58. The van der Waals surface area contributed by atoms with Gasteiger partial charge in [0.25, 0.3) is 0 Å². The van der Waals surface area contributed by atoms with Crippen LogP contribution < -0.4 is 5.73 Å². The van der Waals surface area contributed by atoms with Gasteiger partial charge in [0.05, 0.1) is 6.54 Å². The largest absolute Gasteiger partial charge is 0.399 e. The van der Waals surface area contributed by atoms with E-state index < -0.39 is 0 Å². The van der Waals surface area contributed by atoms with Gasteiger partial charge in [-0.2, -0.15) is 0 Å². The average Bonchev–Trinajstić information content (AvgIpc) is 2.92. The van der Waals surface area contributed by atoms with Crippen LogP contribution in [0.25, 0.3) is 11.4 Å². The Hall–Kier alpha value is -2.21. The van der Waals surface area contributed by atoms with Crippen LogP contribution in [0, 0.1) is 6.92 Å². The van der Waals surface area contributed by atoms with E-state index in [1.54, 1.807) is 4.68 Å². The molecule has 106 valence electrons. The first-order valence-corrected chi connectivity index (χ1v) is 7.30. The molecule has 0 aliphatic carbocycles. The second-order valence-corrected chi connectivity index (χ2v) is 5.68. The Morgan fingerprint density at radius 2 is 2.00 bits per heavy atom. The van der Waals surface area contributed by atoms with E-state index in [0.717, 1.165) is 27.0 Å². The summed E-state index contributed by atoms with van der Waals surface area (Å²) in [6.07, 6.45) is 0. The van der Waals surface area contributed by atoms with Crippen molar-refractivity contribution in [1.29, 1.82) is 0 Å². The third-order valence-corrected chi connectivity index (χ3v) is 4.09. The molecule has 1 aromatic heterocycles. The van der Waals surface area contributed by atoms with Crippen molar-refractivity contribution in [1.82, 2.24) is 20.2 Å². The van der Waals surface area contributed by atoms with E-state index in [9.17, 15) is 0 Å². The highest BCUT2D eigenvalue weighted by atomic mass is 79.9. The predicted molar refractivity (Wildman–Crippen MR) is 85.6 cm³/mol. The van der Waals surface area contributed by atoms with Gasteiger partial charge in [0.1, 0.15) is 0 Å². The van der Waals surface area contributed by atoms with E-state index in [1.165, 1.54) is 0 Å². The molecular formula is C15H14BrN5. The summed E-state index contributed by atoms with van der Waals surface area (Å²) >= 11 is 3.55. The Bertz CT molecular complexity index is 781. The second-order valence-electron chi connectivity index (χ2n) is 4.83. The first kappa shape index (κ1) is 13.8. The second kappa shape index (κ2) is 5.65. The van der Waals surface area contributed by atoms with Crippen molar-refractivity contribution in [2.75, 3.05) is 5.73 Å². The number of nitrogens with two attached hydrogens (primary N) is 1. The average molecular weight is 344 g/mol. The molecule has 0 radical (unpaired) electrons. The van der Waals surface area contributed by atoms with Gasteiger partial charge in [-0.15, -0.1) is 5.10 Å². The van der Waals surface area contributed by atoms with Gasteiger partial charge in [-0.1, -0.05) is 40.2 Å². The summed E-state index contributed by atoms with van der Waals surface area (Å²) in [5, 5.41) is 12.0. The van der Waals surface area contributed by atoms with Crippen LogP contribution in [0.1, 0.15) is 11.1 Å². The van der Waals surface area contributed by atoms with Crippen molar-refractivity contribution in [3.63, 3.8) is 0 Å². The zero-order valence-electron chi connectivity index (χ0n) is 11.5. The fraction of sp³-hybridized carbons (Fsp3) is 0.133. The molecule has 1 heterocycles. The van der Waals surface area contributed by atoms with Crippen molar-refractivity contribution >= 4 is 21.6 Å². The highest BCUT2D eigenvalue weighted by Gasteiger charge is 2.13. The number of tetrazole rings is 1. The smallest absolute Gasteiger partial charge is 0.182 e. The summed E-state index contributed by atoms with van der Waals surface area (Å²) in [5.74, 6) is 0.718. The molecule has 0 fully saturated rings. The van der Waals surface area contributed by atoms with Crippen LogP contribution in [-0.2, 0) is 6.54 Å². The van der Waals surface area contributed by atoms with Crippen molar-refractivity contribution in [3.8, 4) is 11.4 Å². The van der Waals surface area contributed by atoms with Gasteiger partial charge < -0.3 is 5.73 Å². The minimum atomic E-state index is 0.595. The zero-order chi connectivity index (χ0) is 14.8. The summed E-state index contributed by atoms with van der Waals surface area (Å²) in [6, 6.07) is 13.8. The molecule has 0 spiro atoms. The van der Waals surface area contributed by atoms with Gasteiger partial charge in [0, 0.05) is 15.7 Å². The zero-order valence-corrected chi connectivity index (χ0v) is 13.1. The number of aryl methyl sites for hydroxylation is 1. The quantitative estimate of drug-likeness (QED) is 0.742. The van der Waals surface area contributed by atoms with Crippen LogP contribution >= 0.6 is 15.9 Å². The van der Waals surface area contributed by atoms with Gasteiger partial charge >= 0.3 is 0 Å². The maximum atomic E-state index is 5.87. The molecule has 3 rings (SSSR count). The Morgan fingerprint density at radius 3 is 2.81 bits per heavy atom. The molecule has 6 heteroatoms. The van der Waals surface area contributed by atoms with E-state index in [0.29, 0.717) is 12.2 Å². The number of nitrogen functional groups attached to an aromatic ring is 1. The van der Waals surface area contributed by atoms with Gasteiger partial charge in [-0.05, 0) is 46.7 Å². The molecule has 0 saturated carbocycles. The summed E-state index contributed by atoms with van der Waals surface area (Å²) < 4.78 is 2.82. The van der Waals surface area contributed by atoms with E-state index in [4.69, 9.17) is 5.73 Å². The SMILES string of the molecule is Cc1ccc(N)cc1-c1nnnn1Cc1ccccc1Br. The highest BCUT2D eigenvalue weighted by Crippen LogP contribution is 2.24. The summed E-state index contributed by atoms with van der Waals surface area (Å²) in [7, 11) is 0. The monoisotopic (exact) mass is 343 g/mol. The molecule has 0 bridgehead atoms. The van der Waals surface area contributed by atoms with Crippen molar-refractivity contribution in [2.45, 2.75) is 13.5 Å². The maximum absolute atomic E-state index is 5.87. The lowest BCUT2D eigenvalue weighted by molar-refractivity contribution is 0.651. The molecule has 3 aromatic rings. The molecule has 2 N–H and O–H groups in total. The van der Waals surface area contributed by atoms with Crippen LogP contribution in [0.2, 0.25) is 0 Å². The van der Waals surface area contributed by atoms with E-state index in [1.807, 2.05) is 49.4 Å². The van der Waals surface area contributed by atoms with Crippen molar-refractivity contribution in [2.24, 2.45) is 0 Å². The van der Waals surface area contributed by atoms with Gasteiger partial charge in [0.15, 0.2) is 5.82 Å². The van der Waals surface area contributed by atoms with Crippen molar-refractivity contribution in [3.05, 3.63) is 58.1 Å². The minimum absolute atomic E-state index is 0.595. The van der Waals surface area contributed by atoms with Crippen LogP contribution in [-0.4, -0.2) is 20.2 Å². The Labute approximate surface area is 130 Å².